The minimum absolute atomic E-state index is 0.0572. The average molecular weight is 447 g/mol. The molecule has 31 heavy (non-hydrogen) atoms. The van der Waals surface area contributed by atoms with Crippen LogP contribution in [0.3, 0.4) is 0 Å². The maximum absolute atomic E-state index is 13.5. The summed E-state index contributed by atoms with van der Waals surface area (Å²) in [7, 11) is -3.59. The Kier molecular flexibility index (Phi) is 6.40. The lowest BCUT2D eigenvalue weighted by Crippen LogP contribution is -2.34. The van der Waals surface area contributed by atoms with Gasteiger partial charge in [0.25, 0.3) is 0 Å². The van der Waals surface area contributed by atoms with Gasteiger partial charge in [0.1, 0.15) is 17.9 Å². The molecule has 1 aromatic heterocycles. The van der Waals surface area contributed by atoms with Crippen LogP contribution < -0.4 is 4.74 Å². The summed E-state index contributed by atoms with van der Waals surface area (Å²) < 4.78 is 36.4. The third-order valence-electron chi connectivity index (χ3n) is 6.76. The second-order valence-corrected chi connectivity index (χ2v) is 11.4. The van der Waals surface area contributed by atoms with E-state index in [-0.39, 0.29) is 11.3 Å². The minimum Gasteiger partial charge on any atom is -0.494 e. The van der Waals surface area contributed by atoms with Gasteiger partial charge in [-0.05, 0) is 55.4 Å². The summed E-state index contributed by atoms with van der Waals surface area (Å²) in [6, 6.07) is 6.78. The summed E-state index contributed by atoms with van der Waals surface area (Å²) in [6.07, 6.45) is 7.40. The zero-order chi connectivity index (χ0) is 22.1. The largest absolute Gasteiger partial charge is 0.494 e. The van der Waals surface area contributed by atoms with Gasteiger partial charge in [-0.1, -0.05) is 33.1 Å². The van der Waals surface area contributed by atoms with Gasteiger partial charge >= 0.3 is 0 Å². The Hall–Kier alpha value is -1.93. The number of sulfonamides is 1. The predicted octanol–water partition coefficient (Wildman–Crippen LogP) is 4.07. The summed E-state index contributed by atoms with van der Waals surface area (Å²) in [5.74, 6) is 2.18. The van der Waals surface area contributed by atoms with Gasteiger partial charge in [0, 0.05) is 25.6 Å². The Balaban J connectivity index is 1.66. The first kappa shape index (κ1) is 22.3. The third-order valence-corrected chi connectivity index (χ3v) is 8.58. The van der Waals surface area contributed by atoms with Crippen molar-refractivity contribution >= 4 is 10.0 Å². The van der Waals surface area contributed by atoms with Crippen LogP contribution in [0.1, 0.15) is 64.6 Å². The van der Waals surface area contributed by atoms with Crippen molar-refractivity contribution in [3.8, 4) is 5.75 Å². The van der Waals surface area contributed by atoms with E-state index in [4.69, 9.17) is 4.74 Å². The smallest absolute Gasteiger partial charge is 0.243 e. The number of ether oxygens (including phenoxy) is 1. The first-order chi connectivity index (χ1) is 14.9. The Bertz CT molecular complexity index is 979. The molecule has 1 aromatic carbocycles. The van der Waals surface area contributed by atoms with E-state index in [2.05, 4.69) is 28.6 Å². The third kappa shape index (κ3) is 4.37. The van der Waals surface area contributed by atoms with E-state index in [1.54, 1.807) is 34.9 Å². The van der Waals surface area contributed by atoms with E-state index in [0.29, 0.717) is 36.3 Å². The molecular weight excluding hydrogens is 412 g/mol. The van der Waals surface area contributed by atoms with Crippen LogP contribution in [0, 0.1) is 11.3 Å². The molecule has 7 nitrogen and oxygen atoms in total. The Morgan fingerprint density at radius 3 is 2.52 bits per heavy atom. The molecule has 2 aliphatic rings. The van der Waals surface area contributed by atoms with Crippen molar-refractivity contribution in [1.29, 1.82) is 0 Å². The van der Waals surface area contributed by atoms with Gasteiger partial charge in [0.2, 0.25) is 10.0 Å². The molecule has 1 saturated carbocycles. The standard InChI is InChI=1S/C23H34N4O3S/c1-4-30-19-8-10-20(11-9-19)31(28,29)27-15-21(23(16-27)12-6-5-7-13-23)22-25-24-17-26(22)14-18(2)3/h8-11,17-18,21H,4-7,12-16H2,1-3H3. The van der Waals surface area contributed by atoms with Crippen LogP contribution in [0.15, 0.2) is 35.5 Å². The van der Waals surface area contributed by atoms with Crippen molar-refractivity contribution in [2.45, 2.75) is 70.2 Å². The van der Waals surface area contributed by atoms with Crippen molar-refractivity contribution < 1.29 is 13.2 Å². The maximum atomic E-state index is 13.5. The molecule has 0 amide bonds. The zero-order valence-corrected chi connectivity index (χ0v) is 19.6. The predicted molar refractivity (Wildman–Crippen MR) is 119 cm³/mol. The van der Waals surface area contributed by atoms with Gasteiger partial charge in [0.15, 0.2) is 0 Å². The molecule has 170 valence electrons. The Morgan fingerprint density at radius 1 is 1.16 bits per heavy atom. The topological polar surface area (TPSA) is 77.3 Å². The fourth-order valence-corrected chi connectivity index (χ4v) is 6.87. The molecule has 0 radical (unpaired) electrons. The van der Waals surface area contributed by atoms with Crippen LogP contribution in [0.4, 0.5) is 0 Å². The van der Waals surface area contributed by atoms with Gasteiger partial charge in [0.05, 0.1) is 11.5 Å². The number of nitrogens with zero attached hydrogens (tertiary/aromatic N) is 4. The van der Waals surface area contributed by atoms with Crippen molar-refractivity contribution in [1.82, 2.24) is 19.1 Å². The van der Waals surface area contributed by atoms with Crippen molar-refractivity contribution in [2.24, 2.45) is 11.3 Å². The Labute approximate surface area is 185 Å². The summed E-state index contributed by atoms with van der Waals surface area (Å²) >= 11 is 0. The highest BCUT2D eigenvalue weighted by Crippen LogP contribution is 2.52. The van der Waals surface area contributed by atoms with Crippen LogP contribution in [-0.2, 0) is 16.6 Å². The summed E-state index contributed by atoms with van der Waals surface area (Å²) in [6.45, 7) is 8.69. The molecule has 4 rings (SSSR count). The SMILES string of the molecule is CCOc1ccc(S(=O)(=O)N2CC(c3nncn3CC(C)C)C3(CCCCC3)C2)cc1. The quantitative estimate of drug-likeness (QED) is 0.641. The lowest BCUT2D eigenvalue weighted by atomic mass is 9.67. The molecular formula is C23H34N4O3S. The van der Waals surface area contributed by atoms with Gasteiger partial charge in [-0.25, -0.2) is 8.42 Å². The molecule has 1 atom stereocenters. The number of rotatable bonds is 7. The molecule has 1 spiro atoms. The molecule has 1 unspecified atom stereocenters. The first-order valence-corrected chi connectivity index (χ1v) is 12.9. The first-order valence-electron chi connectivity index (χ1n) is 11.5. The lowest BCUT2D eigenvalue weighted by molar-refractivity contribution is 0.175. The summed E-state index contributed by atoms with van der Waals surface area (Å²) in [5.41, 5.74) is -0.0572. The molecule has 8 heteroatoms. The van der Waals surface area contributed by atoms with Crippen molar-refractivity contribution in [3.63, 3.8) is 0 Å². The van der Waals surface area contributed by atoms with E-state index >= 15 is 0 Å². The van der Waals surface area contributed by atoms with Crippen LogP contribution in [0.2, 0.25) is 0 Å². The van der Waals surface area contributed by atoms with Crippen LogP contribution in [-0.4, -0.2) is 47.2 Å². The maximum Gasteiger partial charge on any atom is 0.243 e. The van der Waals surface area contributed by atoms with E-state index in [9.17, 15) is 8.42 Å². The molecule has 2 fully saturated rings. The van der Waals surface area contributed by atoms with E-state index in [1.807, 2.05) is 6.92 Å². The average Bonchev–Trinajstić information content (AvgIpc) is 3.33. The molecule has 0 N–H and O–H groups in total. The van der Waals surface area contributed by atoms with Gasteiger partial charge in [-0.15, -0.1) is 10.2 Å². The number of aromatic nitrogens is 3. The highest BCUT2D eigenvalue weighted by atomic mass is 32.2. The highest BCUT2D eigenvalue weighted by molar-refractivity contribution is 7.89. The van der Waals surface area contributed by atoms with Crippen LogP contribution in [0.5, 0.6) is 5.75 Å². The van der Waals surface area contributed by atoms with E-state index in [0.717, 1.165) is 38.1 Å². The summed E-state index contributed by atoms with van der Waals surface area (Å²) in [4.78, 5) is 0.325. The lowest BCUT2D eigenvalue weighted by Gasteiger charge is -2.37. The van der Waals surface area contributed by atoms with Crippen molar-refractivity contribution in [2.75, 3.05) is 19.7 Å². The van der Waals surface area contributed by atoms with Crippen LogP contribution >= 0.6 is 0 Å². The fourth-order valence-electron chi connectivity index (χ4n) is 5.32. The molecule has 1 saturated heterocycles. The van der Waals surface area contributed by atoms with Crippen molar-refractivity contribution in [3.05, 3.63) is 36.4 Å². The number of benzene rings is 1. The van der Waals surface area contributed by atoms with E-state index < -0.39 is 10.0 Å². The summed E-state index contributed by atoms with van der Waals surface area (Å²) in [5, 5.41) is 8.70. The monoisotopic (exact) mass is 446 g/mol. The molecule has 2 heterocycles. The van der Waals surface area contributed by atoms with Crippen LogP contribution in [0.25, 0.3) is 0 Å². The Morgan fingerprint density at radius 2 is 1.87 bits per heavy atom. The zero-order valence-electron chi connectivity index (χ0n) is 18.8. The second-order valence-electron chi connectivity index (χ2n) is 9.41. The van der Waals surface area contributed by atoms with Gasteiger partial charge < -0.3 is 9.30 Å². The second kappa shape index (κ2) is 8.90. The highest BCUT2D eigenvalue weighted by Gasteiger charge is 2.52. The number of hydrogen-bond donors (Lipinski definition) is 0. The molecule has 0 bridgehead atoms. The molecule has 1 aliphatic carbocycles. The number of hydrogen-bond acceptors (Lipinski definition) is 5. The van der Waals surface area contributed by atoms with Gasteiger partial charge in [-0.3, -0.25) is 0 Å². The minimum atomic E-state index is -3.59. The normalized spacial score (nSPS) is 21.7. The molecule has 1 aliphatic heterocycles. The van der Waals surface area contributed by atoms with E-state index in [1.165, 1.54) is 6.42 Å². The molecule has 2 aromatic rings. The van der Waals surface area contributed by atoms with Gasteiger partial charge in [-0.2, -0.15) is 4.31 Å². The fraction of sp³-hybridized carbons (Fsp3) is 0.652.